The van der Waals surface area contributed by atoms with E-state index in [4.69, 9.17) is 9.72 Å². The number of aromatic nitrogens is 3. The van der Waals surface area contributed by atoms with E-state index in [0.717, 1.165) is 62.8 Å². The van der Waals surface area contributed by atoms with E-state index in [2.05, 4.69) is 34.1 Å². The molecule has 1 aliphatic rings. The lowest BCUT2D eigenvalue weighted by atomic mass is 9.91. The van der Waals surface area contributed by atoms with Gasteiger partial charge < -0.3 is 19.3 Å². The topological polar surface area (TPSA) is 97.6 Å². The van der Waals surface area contributed by atoms with Crippen LogP contribution in [0.4, 0.5) is 5.69 Å². The Morgan fingerprint density at radius 1 is 0.976 bits per heavy atom. The zero-order valence-electron chi connectivity index (χ0n) is 23.6. The predicted octanol–water partition coefficient (Wildman–Crippen LogP) is 5.26. The summed E-state index contributed by atoms with van der Waals surface area (Å²) in [5.74, 6) is -0.482. The number of hydrogen-bond donors (Lipinski definition) is 1. The van der Waals surface area contributed by atoms with Gasteiger partial charge in [-0.2, -0.15) is 0 Å². The maximum Gasteiger partial charge on any atom is 0.356 e. The summed E-state index contributed by atoms with van der Waals surface area (Å²) in [5, 5.41) is 13.5. The number of ether oxygens (including phenoxy) is 1. The number of pyridine rings is 3. The Bertz CT molecular complexity index is 1870. The number of fused-ring (bicyclic) bond motifs is 2. The summed E-state index contributed by atoms with van der Waals surface area (Å²) in [6.07, 6.45) is 4.87. The first-order valence-corrected chi connectivity index (χ1v) is 13.7. The highest BCUT2D eigenvalue weighted by Gasteiger charge is 2.28. The number of methoxy groups -OCH3 is 1. The second-order valence-corrected chi connectivity index (χ2v) is 11.1. The lowest BCUT2D eigenvalue weighted by Gasteiger charge is -2.37. The molecule has 0 unspecified atom stereocenters. The molecule has 1 fully saturated rings. The standard InChI is InChI=1S/C33H32N4O4/c1-20-14-26-25(16-23(17-30(26)36(3)31(20)38)37-12-10-33(2,40)11-13-37)24-7-5-6-21-15-29(35-19-27(21)24)22-8-9-28(34-18-22)32(39)41-4/h5-9,14-19,40H,10-13H2,1-4H3. The first-order chi connectivity index (χ1) is 19.6. The molecule has 0 spiro atoms. The van der Waals surface area contributed by atoms with Gasteiger partial charge in [-0.3, -0.25) is 9.78 Å². The van der Waals surface area contributed by atoms with Gasteiger partial charge in [-0.1, -0.05) is 18.2 Å². The van der Waals surface area contributed by atoms with E-state index in [1.807, 2.05) is 51.4 Å². The third-order valence-electron chi connectivity index (χ3n) is 8.22. The first-order valence-electron chi connectivity index (χ1n) is 13.7. The highest BCUT2D eigenvalue weighted by atomic mass is 16.5. The normalized spacial score (nSPS) is 14.9. The molecule has 1 aliphatic heterocycles. The summed E-state index contributed by atoms with van der Waals surface area (Å²) >= 11 is 0. The van der Waals surface area contributed by atoms with E-state index < -0.39 is 11.6 Å². The zero-order valence-corrected chi connectivity index (χ0v) is 23.6. The molecule has 208 valence electrons. The molecule has 8 nitrogen and oxygen atoms in total. The molecule has 0 aliphatic carbocycles. The van der Waals surface area contributed by atoms with Crippen LogP contribution in [0.25, 0.3) is 44.1 Å². The Morgan fingerprint density at radius 3 is 2.46 bits per heavy atom. The monoisotopic (exact) mass is 548 g/mol. The van der Waals surface area contributed by atoms with Crippen molar-refractivity contribution in [3.63, 3.8) is 0 Å². The maximum atomic E-state index is 12.9. The molecule has 0 amide bonds. The Balaban J connectivity index is 1.50. The van der Waals surface area contributed by atoms with Crippen molar-refractivity contribution in [3.8, 4) is 22.4 Å². The van der Waals surface area contributed by atoms with E-state index in [0.29, 0.717) is 18.4 Å². The number of anilines is 1. The van der Waals surface area contributed by atoms with Crippen LogP contribution >= 0.6 is 0 Å². The van der Waals surface area contributed by atoms with Crippen LogP contribution in [0.1, 0.15) is 35.8 Å². The van der Waals surface area contributed by atoms with Gasteiger partial charge in [0, 0.05) is 60.1 Å². The van der Waals surface area contributed by atoms with Crippen LogP contribution in [0.5, 0.6) is 0 Å². The zero-order chi connectivity index (χ0) is 28.9. The second kappa shape index (κ2) is 10.1. The number of rotatable bonds is 4. The van der Waals surface area contributed by atoms with Crippen molar-refractivity contribution in [1.29, 1.82) is 0 Å². The van der Waals surface area contributed by atoms with Gasteiger partial charge in [0.2, 0.25) is 0 Å². The van der Waals surface area contributed by atoms with E-state index in [-0.39, 0.29) is 11.3 Å². The van der Waals surface area contributed by atoms with E-state index in [9.17, 15) is 14.7 Å². The van der Waals surface area contributed by atoms with Gasteiger partial charge in [-0.15, -0.1) is 0 Å². The van der Waals surface area contributed by atoms with Gasteiger partial charge in [0.15, 0.2) is 0 Å². The molecule has 4 heterocycles. The number of carbonyl (C=O) groups is 1. The van der Waals surface area contributed by atoms with Gasteiger partial charge in [-0.25, -0.2) is 9.78 Å². The third kappa shape index (κ3) is 4.85. The smallest absolute Gasteiger partial charge is 0.356 e. The fourth-order valence-corrected chi connectivity index (χ4v) is 5.69. The van der Waals surface area contributed by atoms with Crippen molar-refractivity contribution < 1.29 is 14.6 Å². The van der Waals surface area contributed by atoms with E-state index in [1.165, 1.54) is 7.11 Å². The Hall–Kier alpha value is -4.56. The molecule has 0 bridgehead atoms. The Morgan fingerprint density at radius 2 is 1.76 bits per heavy atom. The quantitative estimate of drug-likeness (QED) is 0.306. The fourth-order valence-electron chi connectivity index (χ4n) is 5.69. The number of hydrogen-bond acceptors (Lipinski definition) is 7. The molecule has 0 atom stereocenters. The molecule has 3 aromatic heterocycles. The molecule has 41 heavy (non-hydrogen) atoms. The summed E-state index contributed by atoms with van der Waals surface area (Å²) in [5.41, 5.74) is 5.74. The van der Waals surface area contributed by atoms with Crippen LogP contribution in [0.3, 0.4) is 0 Å². The largest absolute Gasteiger partial charge is 0.464 e. The van der Waals surface area contributed by atoms with Crippen molar-refractivity contribution in [3.05, 3.63) is 88.6 Å². The van der Waals surface area contributed by atoms with E-state index >= 15 is 0 Å². The lowest BCUT2D eigenvalue weighted by Crippen LogP contribution is -2.42. The molecule has 6 rings (SSSR count). The number of aliphatic hydroxyl groups is 1. The minimum Gasteiger partial charge on any atom is -0.464 e. The summed E-state index contributed by atoms with van der Waals surface area (Å²) in [7, 11) is 3.15. The summed E-state index contributed by atoms with van der Waals surface area (Å²) in [6.45, 7) is 5.22. The molecule has 0 saturated carbocycles. The minimum atomic E-state index is -0.658. The molecule has 0 radical (unpaired) electrons. The molecule has 1 saturated heterocycles. The maximum absolute atomic E-state index is 12.9. The van der Waals surface area contributed by atoms with Gasteiger partial charge in [-0.05, 0) is 79.6 Å². The number of aryl methyl sites for hydroxylation is 2. The predicted molar refractivity (Wildman–Crippen MR) is 161 cm³/mol. The number of benzene rings is 2. The second-order valence-electron chi connectivity index (χ2n) is 11.1. The third-order valence-corrected chi connectivity index (χ3v) is 8.22. The average Bonchev–Trinajstić information content (AvgIpc) is 2.99. The molecular weight excluding hydrogens is 516 g/mol. The van der Waals surface area contributed by atoms with Crippen molar-refractivity contribution in [2.24, 2.45) is 7.05 Å². The SMILES string of the molecule is COC(=O)c1ccc(-c2cc3cccc(-c4cc(N5CCC(C)(O)CC5)cc5c4cc(C)c(=O)n5C)c3cn2)cn1. The summed E-state index contributed by atoms with van der Waals surface area (Å²) < 4.78 is 6.48. The van der Waals surface area contributed by atoms with Gasteiger partial charge in [0.1, 0.15) is 5.69 Å². The lowest BCUT2D eigenvalue weighted by molar-refractivity contribution is 0.0351. The van der Waals surface area contributed by atoms with Crippen LogP contribution in [0.2, 0.25) is 0 Å². The van der Waals surface area contributed by atoms with Crippen LogP contribution in [0.15, 0.2) is 71.8 Å². The van der Waals surface area contributed by atoms with Crippen molar-refractivity contribution in [1.82, 2.24) is 14.5 Å². The molecule has 5 aromatic rings. The molecule has 1 N–H and O–H groups in total. The minimum absolute atomic E-state index is 0.0155. The van der Waals surface area contributed by atoms with Gasteiger partial charge in [0.25, 0.3) is 5.56 Å². The molecule has 8 heteroatoms. The summed E-state index contributed by atoms with van der Waals surface area (Å²) in [4.78, 5) is 36.0. The molecule has 2 aromatic carbocycles. The summed E-state index contributed by atoms with van der Waals surface area (Å²) in [6, 6.07) is 17.9. The van der Waals surface area contributed by atoms with Crippen LogP contribution in [-0.2, 0) is 11.8 Å². The Labute approximate surface area is 237 Å². The average molecular weight is 549 g/mol. The van der Waals surface area contributed by atoms with E-state index in [1.54, 1.807) is 16.8 Å². The molecular formula is C33H32N4O4. The highest BCUT2D eigenvalue weighted by molar-refractivity contribution is 6.06. The Kier molecular flexibility index (Phi) is 6.58. The fraction of sp³-hybridized carbons (Fsp3) is 0.273. The highest BCUT2D eigenvalue weighted by Crippen LogP contribution is 2.38. The van der Waals surface area contributed by atoms with Gasteiger partial charge in [0.05, 0.1) is 23.9 Å². The number of esters is 1. The van der Waals surface area contributed by atoms with Crippen molar-refractivity contribution >= 4 is 33.3 Å². The number of carbonyl (C=O) groups excluding carboxylic acids is 1. The van der Waals surface area contributed by atoms with Crippen LogP contribution in [-0.4, -0.2) is 51.4 Å². The van der Waals surface area contributed by atoms with Crippen LogP contribution in [0, 0.1) is 6.92 Å². The van der Waals surface area contributed by atoms with Gasteiger partial charge >= 0.3 is 5.97 Å². The van der Waals surface area contributed by atoms with Crippen molar-refractivity contribution in [2.75, 3.05) is 25.1 Å². The van der Waals surface area contributed by atoms with Crippen molar-refractivity contribution in [2.45, 2.75) is 32.3 Å². The number of piperidine rings is 1. The van der Waals surface area contributed by atoms with Crippen LogP contribution < -0.4 is 10.5 Å². The number of nitrogens with zero attached hydrogens (tertiary/aromatic N) is 4. The first kappa shape index (κ1) is 26.7.